The zero-order chi connectivity index (χ0) is 17.6. The molecule has 7 heteroatoms. The molecule has 134 valence electrons. The van der Waals surface area contributed by atoms with Gasteiger partial charge >= 0.3 is 0 Å². The van der Waals surface area contributed by atoms with Crippen molar-refractivity contribution in [2.75, 3.05) is 26.3 Å². The van der Waals surface area contributed by atoms with E-state index in [0.29, 0.717) is 31.2 Å². The zero-order valence-electron chi connectivity index (χ0n) is 14.4. The van der Waals surface area contributed by atoms with Gasteiger partial charge in [0.25, 0.3) is 5.91 Å². The standard InChI is InChI=1S/C18H23FN4O2/c1-2-25-13-14-6-8-22(9-7-14)18(24)17-12-23(21-20-17)11-15-4-3-5-16(19)10-15/h3-5,10,12,14H,2,6-9,11,13H2,1H3. The van der Waals surface area contributed by atoms with Gasteiger partial charge in [0, 0.05) is 26.3 Å². The smallest absolute Gasteiger partial charge is 0.276 e. The van der Waals surface area contributed by atoms with Crippen molar-refractivity contribution in [3.63, 3.8) is 0 Å². The van der Waals surface area contributed by atoms with Crippen LogP contribution in [0.3, 0.4) is 0 Å². The van der Waals surface area contributed by atoms with Crippen LogP contribution in [0.4, 0.5) is 4.39 Å². The number of benzene rings is 1. The quantitative estimate of drug-likeness (QED) is 0.806. The molecule has 1 amide bonds. The highest BCUT2D eigenvalue weighted by Crippen LogP contribution is 2.19. The second-order valence-electron chi connectivity index (χ2n) is 6.33. The SMILES string of the molecule is CCOCC1CCN(C(=O)c2cn(Cc3cccc(F)c3)nn2)CC1. The van der Waals surface area contributed by atoms with E-state index < -0.39 is 0 Å². The highest BCUT2D eigenvalue weighted by atomic mass is 19.1. The molecule has 2 heterocycles. The largest absolute Gasteiger partial charge is 0.381 e. The topological polar surface area (TPSA) is 60.2 Å². The van der Waals surface area contributed by atoms with E-state index in [9.17, 15) is 9.18 Å². The van der Waals surface area contributed by atoms with Crippen LogP contribution in [0.5, 0.6) is 0 Å². The van der Waals surface area contributed by atoms with Crippen molar-refractivity contribution in [3.8, 4) is 0 Å². The summed E-state index contributed by atoms with van der Waals surface area (Å²) in [7, 11) is 0. The molecule has 0 bridgehead atoms. The Morgan fingerprint density at radius 3 is 2.88 bits per heavy atom. The van der Waals surface area contributed by atoms with E-state index in [1.54, 1.807) is 16.9 Å². The highest BCUT2D eigenvalue weighted by molar-refractivity contribution is 5.91. The first-order chi connectivity index (χ1) is 12.2. The number of ether oxygens (including phenoxy) is 1. The van der Waals surface area contributed by atoms with Gasteiger partial charge in [0.15, 0.2) is 5.69 Å². The molecule has 3 rings (SSSR count). The molecule has 0 aliphatic carbocycles. The Bertz CT molecular complexity index is 711. The molecule has 1 fully saturated rings. The Kier molecular flexibility index (Phi) is 5.75. The summed E-state index contributed by atoms with van der Waals surface area (Å²) < 4.78 is 20.3. The van der Waals surface area contributed by atoms with E-state index in [2.05, 4.69) is 10.3 Å². The molecule has 25 heavy (non-hydrogen) atoms. The third-order valence-electron chi connectivity index (χ3n) is 4.45. The molecule has 1 aliphatic rings. The van der Waals surface area contributed by atoms with Crippen LogP contribution in [-0.4, -0.2) is 52.1 Å². The monoisotopic (exact) mass is 346 g/mol. The number of nitrogens with zero attached hydrogens (tertiary/aromatic N) is 4. The molecule has 0 spiro atoms. The Morgan fingerprint density at radius 2 is 2.16 bits per heavy atom. The van der Waals surface area contributed by atoms with Gasteiger partial charge in [-0.2, -0.15) is 0 Å². The van der Waals surface area contributed by atoms with Gasteiger partial charge in [0.2, 0.25) is 0 Å². The number of rotatable bonds is 6. The summed E-state index contributed by atoms with van der Waals surface area (Å²) in [6.07, 6.45) is 3.52. The number of carbonyl (C=O) groups is 1. The molecule has 1 aromatic carbocycles. The van der Waals surface area contributed by atoms with Gasteiger partial charge in [-0.3, -0.25) is 4.79 Å². The van der Waals surface area contributed by atoms with Gasteiger partial charge in [0.1, 0.15) is 5.82 Å². The fraction of sp³-hybridized carbons (Fsp3) is 0.500. The summed E-state index contributed by atoms with van der Waals surface area (Å²) in [5, 5.41) is 7.97. The summed E-state index contributed by atoms with van der Waals surface area (Å²) in [5.74, 6) is 0.136. The molecule has 0 unspecified atom stereocenters. The van der Waals surface area contributed by atoms with Gasteiger partial charge in [0.05, 0.1) is 12.7 Å². The number of amides is 1. The van der Waals surface area contributed by atoms with Gasteiger partial charge in [-0.15, -0.1) is 5.10 Å². The van der Waals surface area contributed by atoms with Crippen LogP contribution in [-0.2, 0) is 11.3 Å². The van der Waals surface area contributed by atoms with Crippen molar-refractivity contribution in [2.24, 2.45) is 5.92 Å². The maximum Gasteiger partial charge on any atom is 0.276 e. The van der Waals surface area contributed by atoms with Gasteiger partial charge < -0.3 is 9.64 Å². The Hall–Kier alpha value is -2.28. The first-order valence-corrected chi connectivity index (χ1v) is 8.67. The lowest BCUT2D eigenvalue weighted by atomic mass is 9.97. The van der Waals surface area contributed by atoms with Crippen LogP contribution in [0.15, 0.2) is 30.5 Å². The first kappa shape index (κ1) is 17.5. The predicted octanol–water partition coefficient (Wildman–Crippen LogP) is 2.35. The molecule has 2 aromatic rings. The maximum absolute atomic E-state index is 13.2. The lowest BCUT2D eigenvalue weighted by molar-refractivity contribution is 0.0546. The Balaban J connectivity index is 1.56. The normalized spacial score (nSPS) is 15.5. The minimum absolute atomic E-state index is 0.0969. The minimum Gasteiger partial charge on any atom is -0.381 e. The number of halogens is 1. The summed E-state index contributed by atoms with van der Waals surface area (Å²) >= 11 is 0. The van der Waals surface area contributed by atoms with E-state index in [0.717, 1.165) is 31.6 Å². The van der Waals surface area contributed by atoms with E-state index in [1.165, 1.54) is 12.1 Å². The van der Waals surface area contributed by atoms with E-state index in [4.69, 9.17) is 4.74 Å². The van der Waals surface area contributed by atoms with Crippen molar-refractivity contribution in [2.45, 2.75) is 26.3 Å². The number of carbonyl (C=O) groups excluding carboxylic acids is 1. The molecule has 1 aromatic heterocycles. The van der Waals surface area contributed by atoms with E-state index in [-0.39, 0.29) is 11.7 Å². The molecular formula is C18H23FN4O2. The summed E-state index contributed by atoms with van der Waals surface area (Å²) in [6, 6.07) is 6.32. The molecule has 1 saturated heterocycles. The van der Waals surface area contributed by atoms with Crippen molar-refractivity contribution in [1.29, 1.82) is 0 Å². The average Bonchev–Trinajstić information content (AvgIpc) is 3.08. The fourth-order valence-corrected chi connectivity index (χ4v) is 3.05. The predicted molar refractivity (Wildman–Crippen MR) is 90.6 cm³/mol. The van der Waals surface area contributed by atoms with Crippen molar-refractivity contribution < 1.29 is 13.9 Å². The van der Waals surface area contributed by atoms with Crippen LogP contribution in [0, 0.1) is 11.7 Å². The van der Waals surface area contributed by atoms with Crippen molar-refractivity contribution >= 4 is 5.91 Å². The van der Waals surface area contributed by atoms with Crippen LogP contribution in [0.2, 0.25) is 0 Å². The van der Waals surface area contributed by atoms with E-state index in [1.807, 2.05) is 17.9 Å². The van der Waals surface area contributed by atoms with Crippen molar-refractivity contribution in [3.05, 3.63) is 47.5 Å². The third kappa shape index (κ3) is 4.63. The summed E-state index contributed by atoms with van der Waals surface area (Å²) in [5.41, 5.74) is 1.11. The Morgan fingerprint density at radius 1 is 1.36 bits per heavy atom. The lowest BCUT2D eigenvalue weighted by Gasteiger charge is -2.31. The molecule has 1 aliphatic heterocycles. The van der Waals surface area contributed by atoms with Gasteiger partial charge in [-0.05, 0) is 43.4 Å². The summed E-state index contributed by atoms with van der Waals surface area (Å²) in [4.78, 5) is 14.4. The minimum atomic E-state index is -0.288. The molecule has 0 N–H and O–H groups in total. The molecule has 6 nitrogen and oxygen atoms in total. The number of likely N-dealkylation sites (tertiary alicyclic amines) is 1. The molecule has 0 atom stereocenters. The third-order valence-corrected chi connectivity index (χ3v) is 4.45. The van der Waals surface area contributed by atoms with Crippen LogP contribution >= 0.6 is 0 Å². The average molecular weight is 346 g/mol. The second-order valence-corrected chi connectivity index (χ2v) is 6.33. The number of aromatic nitrogens is 3. The molecular weight excluding hydrogens is 323 g/mol. The number of hydrogen-bond donors (Lipinski definition) is 0. The van der Waals surface area contributed by atoms with Crippen molar-refractivity contribution in [1.82, 2.24) is 19.9 Å². The van der Waals surface area contributed by atoms with Crippen LogP contribution < -0.4 is 0 Å². The Labute approximate surface area is 146 Å². The van der Waals surface area contributed by atoms with Crippen LogP contribution in [0.25, 0.3) is 0 Å². The zero-order valence-corrected chi connectivity index (χ0v) is 14.4. The maximum atomic E-state index is 13.2. The molecule has 0 radical (unpaired) electrons. The second kappa shape index (κ2) is 8.20. The summed E-state index contributed by atoms with van der Waals surface area (Å²) in [6.45, 7) is 5.30. The fourth-order valence-electron chi connectivity index (χ4n) is 3.05. The molecule has 0 saturated carbocycles. The van der Waals surface area contributed by atoms with E-state index >= 15 is 0 Å². The lowest BCUT2D eigenvalue weighted by Crippen LogP contribution is -2.39. The number of piperidine rings is 1. The first-order valence-electron chi connectivity index (χ1n) is 8.67. The van der Waals surface area contributed by atoms with Crippen LogP contribution in [0.1, 0.15) is 35.8 Å². The van der Waals surface area contributed by atoms with Gasteiger partial charge in [-0.1, -0.05) is 17.3 Å². The van der Waals surface area contributed by atoms with Gasteiger partial charge in [-0.25, -0.2) is 9.07 Å². The number of hydrogen-bond acceptors (Lipinski definition) is 4. The highest BCUT2D eigenvalue weighted by Gasteiger charge is 2.25.